The second kappa shape index (κ2) is 12.1. The van der Waals surface area contributed by atoms with Gasteiger partial charge in [-0.1, -0.05) is 41.9 Å². The summed E-state index contributed by atoms with van der Waals surface area (Å²) >= 11 is 5.97. The molecule has 4 aromatic rings. The molecule has 1 heterocycles. The largest absolute Gasteiger partial charge is 0.465 e. The maximum absolute atomic E-state index is 14.1. The van der Waals surface area contributed by atoms with E-state index < -0.39 is 39.8 Å². The lowest BCUT2D eigenvalue weighted by Crippen LogP contribution is -2.42. The number of anilines is 1. The van der Waals surface area contributed by atoms with Crippen LogP contribution in [0.25, 0.3) is 11.1 Å². The Morgan fingerprint density at radius 3 is 2.27 bits per heavy atom. The van der Waals surface area contributed by atoms with Crippen LogP contribution in [-0.2, 0) is 16.4 Å². The van der Waals surface area contributed by atoms with Gasteiger partial charge in [-0.05, 0) is 53.6 Å². The van der Waals surface area contributed by atoms with Crippen molar-refractivity contribution in [3.05, 3.63) is 113 Å². The molecule has 4 rings (SSSR count). The van der Waals surface area contributed by atoms with E-state index >= 15 is 0 Å². The first kappa shape index (κ1) is 28.5. The number of urea groups is 1. The van der Waals surface area contributed by atoms with Crippen LogP contribution in [0.4, 0.5) is 24.1 Å². The number of hydrogen-bond acceptors (Lipinski definition) is 5. The van der Waals surface area contributed by atoms with Crippen molar-refractivity contribution in [3.63, 3.8) is 0 Å². The highest BCUT2D eigenvalue weighted by atomic mass is 35.5. The van der Waals surface area contributed by atoms with Crippen molar-refractivity contribution >= 4 is 39.4 Å². The van der Waals surface area contributed by atoms with E-state index in [-0.39, 0.29) is 21.9 Å². The standard InChI is InChI=1S/C27H21ClF2N4O5S/c28-22-5-1-2-6-25(22)40(38,39)34-26(35)33-23(17-12-18(29)14-19(30)13-17)15-24-21(4-3-11-31-24)16-7-9-20(10-8-16)32-27(36)37/h1-14,23,32H,15H2,(H,36,37)(H2,33,34,35). The Balaban J connectivity index is 1.65. The molecule has 0 saturated carbocycles. The molecule has 13 heteroatoms. The van der Waals surface area contributed by atoms with Gasteiger partial charge in [0.25, 0.3) is 10.0 Å². The molecule has 0 fully saturated rings. The zero-order valence-corrected chi connectivity index (χ0v) is 22.0. The number of benzene rings is 3. The molecule has 0 bridgehead atoms. The van der Waals surface area contributed by atoms with Gasteiger partial charge < -0.3 is 10.4 Å². The van der Waals surface area contributed by atoms with E-state index in [2.05, 4.69) is 15.6 Å². The van der Waals surface area contributed by atoms with Crippen molar-refractivity contribution in [2.45, 2.75) is 17.4 Å². The monoisotopic (exact) mass is 586 g/mol. The number of rotatable bonds is 8. The van der Waals surface area contributed by atoms with Crippen LogP contribution < -0.4 is 15.4 Å². The summed E-state index contributed by atoms with van der Waals surface area (Å²) in [4.78, 5) is 27.8. The lowest BCUT2D eigenvalue weighted by atomic mass is 9.96. The first-order valence-corrected chi connectivity index (χ1v) is 13.5. The molecule has 0 spiro atoms. The third-order valence-electron chi connectivity index (χ3n) is 5.68. The van der Waals surface area contributed by atoms with Crippen LogP contribution in [0.3, 0.4) is 0 Å². The van der Waals surface area contributed by atoms with Crippen molar-refractivity contribution in [1.29, 1.82) is 0 Å². The Labute approximate surface area is 232 Å². The molecule has 0 radical (unpaired) electrons. The fourth-order valence-corrected chi connectivity index (χ4v) is 5.41. The Hall–Kier alpha value is -4.55. The van der Waals surface area contributed by atoms with Gasteiger partial charge in [0.1, 0.15) is 16.5 Å². The number of nitrogens with one attached hydrogen (secondary N) is 3. The summed E-state index contributed by atoms with van der Waals surface area (Å²) in [5.41, 5.74) is 2.02. The molecule has 40 heavy (non-hydrogen) atoms. The fourth-order valence-electron chi connectivity index (χ4n) is 3.97. The number of nitrogens with zero attached hydrogens (tertiary/aromatic N) is 1. The number of halogens is 3. The lowest BCUT2D eigenvalue weighted by Gasteiger charge is -2.21. The van der Waals surface area contributed by atoms with Gasteiger partial charge in [-0.15, -0.1) is 0 Å². The van der Waals surface area contributed by atoms with Gasteiger partial charge in [-0.2, -0.15) is 0 Å². The Morgan fingerprint density at radius 1 is 0.950 bits per heavy atom. The van der Waals surface area contributed by atoms with Crippen molar-refractivity contribution in [3.8, 4) is 11.1 Å². The number of carbonyl (C=O) groups excluding carboxylic acids is 1. The zero-order chi connectivity index (χ0) is 28.9. The summed E-state index contributed by atoms with van der Waals surface area (Å²) in [7, 11) is -4.38. The van der Waals surface area contributed by atoms with E-state index in [0.717, 1.165) is 12.1 Å². The molecule has 0 aliphatic heterocycles. The van der Waals surface area contributed by atoms with Crippen molar-refractivity contribution in [1.82, 2.24) is 15.0 Å². The predicted octanol–water partition coefficient (Wildman–Crippen LogP) is 5.74. The van der Waals surface area contributed by atoms with E-state index in [9.17, 15) is 26.8 Å². The second-order valence-electron chi connectivity index (χ2n) is 8.47. The summed E-state index contributed by atoms with van der Waals surface area (Å²) in [6, 6.07) is 15.7. The SMILES string of the molecule is O=C(O)Nc1ccc(-c2cccnc2CC(NC(=O)NS(=O)(=O)c2ccccc2Cl)c2cc(F)cc(F)c2)cc1. The van der Waals surface area contributed by atoms with Crippen LogP contribution >= 0.6 is 11.6 Å². The summed E-state index contributed by atoms with van der Waals surface area (Å²) in [5, 5.41) is 13.5. The molecule has 3 amide bonds. The van der Waals surface area contributed by atoms with Gasteiger partial charge in [-0.3, -0.25) is 10.3 Å². The molecule has 0 aliphatic carbocycles. The Kier molecular flexibility index (Phi) is 8.61. The molecular formula is C27H21ClF2N4O5S. The first-order chi connectivity index (χ1) is 19.0. The van der Waals surface area contributed by atoms with Crippen LogP contribution in [-0.4, -0.2) is 30.6 Å². The predicted molar refractivity (Wildman–Crippen MR) is 144 cm³/mol. The number of carbonyl (C=O) groups is 2. The van der Waals surface area contributed by atoms with Crippen LogP contribution in [0.1, 0.15) is 17.3 Å². The van der Waals surface area contributed by atoms with E-state index in [1.54, 1.807) is 36.4 Å². The number of hydrogen-bond donors (Lipinski definition) is 4. The van der Waals surface area contributed by atoms with E-state index in [0.29, 0.717) is 28.6 Å². The average Bonchev–Trinajstić information content (AvgIpc) is 2.88. The quantitative estimate of drug-likeness (QED) is 0.208. The van der Waals surface area contributed by atoms with Crippen LogP contribution in [0.5, 0.6) is 0 Å². The molecule has 1 atom stereocenters. The minimum Gasteiger partial charge on any atom is -0.465 e. The van der Waals surface area contributed by atoms with Gasteiger partial charge in [0.05, 0.1) is 16.8 Å². The van der Waals surface area contributed by atoms with E-state index in [4.69, 9.17) is 16.7 Å². The highest BCUT2D eigenvalue weighted by Crippen LogP contribution is 2.28. The normalized spacial score (nSPS) is 11.9. The average molecular weight is 587 g/mol. The van der Waals surface area contributed by atoms with Crippen molar-refractivity contribution < 1.29 is 31.9 Å². The molecule has 206 valence electrons. The topological polar surface area (TPSA) is 137 Å². The number of carboxylic acid groups (broad SMARTS) is 1. The van der Waals surface area contributed by atoms with Gasteiger partial charge in [0.2, 0.25) is 0 Å². The molecule has 1 aromatic heterocycles. The number of amides is 3. The summed E-state index contributed by atoms with van der Waals surface area (Å²) in [6.07, 6.45) is 0.179. The first-order valence-electron chi connectivity index (χ1n) is 11.6. The number of pyridine rings is 1. The second-order valence-corrected chi connectivity index (χ2v) is 10.5. The van der Waals surface area contributed by atoms with Gasteiger partial charge in [0, 0.05) is 29.9 Å². The maximum Gasteiger partial charge on any atom is 0.409 e. The Bertz CT molecular complexity index is 1650. The van der Waals surface area contributed by atoms with E-state index in [1.807, 2.05) is 4.72 Å². The number of sulfonamides is 1. The van der Waals surface area contributed by atoms with Crippen LogP contribution in [0.15, 0.2) is 90.0 Å². The van der Waals surface area contributed by atoms with Crippen molar-refractivity contribution in [2.24, 2.45) is 0 Å². The maximum atomic E-state index is 14.1. The third kappa shape index (κ3) is 7.10. The molecule has 3 aromatic carbocycles. The minimum absolute atomic E-state index is 0.0281. The zero-order valence-electron chi connectivity index (χ0n) is 20.4. The molecule has 0 aliphatic rings. The molecule has 1 unspecified atom stereocenters. The molecular weight excluding hydrogens is 566 g/mol. The Morgan fingerprint density at radius 2 is 1.62 bits per heavy atom. The molecule has 0 saturated heterocycles. The summed E-state index contributed by atoms with van der Waals surface area (Å²) < 4.78 is 55.6. The van der Waals surface area contributed by atoms with Crippen LogP contribution in [0, 0.1) is 11.6 Å². The lowest BCUT2D eigenvalue weighted by molar-refractivity contribution is 0.209. The summed E-state index contributed by atoms with van der Waals surface area (Å²) in [6.45, 7) is 0. The third-order valence-corrected chi connectivity index (χ3v) is 7.51. The highest BCUT2D eigenvalue weighted by molar-refractivity contribution is 7.90. The fraction of sp³-hybridized carbons (Fsp3) is 0.0741. The van der Waals surface area contributed by atoms with Crippen LogP contribution in [0.2, 0.25) is 5.02 Å². The number of aromatic nitrogens is 1. The van der Waals surface area contributed by atoms with Gasteiger partial charge in [-0.25, -0.2) is 31.5 Å². The van der Waals surface area contributed by atoms with Gasteiger partial charge in [0.15, 0.2) is 0 Å². The smallest absolute Gasteiger partial charge is 0.409 e. The minimum atomic E-state index is -4.38. The molecule has 4 N–H and O–H groups in total. The van der Waals surface area contributed by atoms with Crippen molar-refractivity contribution in [2.75, 3.05) is 5.32 Å². The van der Waals surface area contributed by atoms with Gasteiger partial charge >= 0.3 is 12.1 Å². The molecule has 9 nitrogen and oxygen atoms in total. The summed E-state index contributed by atoms with van der Waals surface area (Å²) in [5.74, 6) is -1.79. The highest BCUT2D eigenvalue weighted by Gasteiger charge is 2.24. The van der Waals surface area contributed by atoms with E-state index in [1.165, 1.54) is 30.5 Å².